The highest BCUT2D eigenvalue weighted by atomic mass is 16.5. The Kier molecular flexibility index (Phi) is 6.62. The molecule has 2 N–H and O–H groups in total. The van der Waals surface area contributed by atoms with Gasteiger partial charge in [-0.3, -0.25) is 0 Å². The summed E-state index contributed by atoms with van der Waals surface area (Å²) in [6.45, 7) is 3.22. The first-order chi connectivity index (χ1) is 8.27. The predicted molar refractivity (Wildman–Crippen MR) is 65.1 cm³/mol. The molecule has 1 aromatic rings. The molecule has 0 aliphatic heterocycles. The van der Waals surface area contributed by atoms with Gasteiger partial charge in [-0.1, -0.05) is 19.1 Å². The van der Waals surface area contributed by atoms with Crippen LogP contribution < -0.4 is 4.74 Å². The third-order valence-electron chi connectivity index (χ3n) is 2.38. The lowest BCUT2D eigenvalue weighted by molar-refractivity contribution is 0.0705. The molecule has 0 spiro atoms. The van der Waals surface area contributed by atoms with E-state index in [1.807, 2.05) is 31.2 Å². The van der Waals surface area contributed by atoms with Gasteiger partial charge >= 0.3 is 0 Å². The lowest BCUT2D eigenvalue weighted by Gasteiger charge is -2.10. The second-order valence-electron chi connectivity index (χ2n) is 3.68. The van der Waals surface area contributed by atoms with Crippen molar-refractivity contribution in [1.82, 2.24) is 0 Å². The molecule has 0 fully saturated rings. The van der Waals surface area contributed by atoms with Crippen LogP contribution >= 0.6 is 0 Å². The summed E-state index contributed by atoms with van der Waals surface area (Å²) in [6, 6.07) is 7.39. The summed E-state index contributed by atoms with van der Waals surface area (Å²) in [5.74, 6) is 0.754. The minimum atomic E-state index is -0.406. The molecule has 96 valence electrons. The molecule has 0 saturated carbocycles. The zero-order chi connectivity index (χ0) is 12.5. The number of ether oxygens (including phenoxy) is 2. The monoisotopic (exact) mass is 240 g/mol. The largest absolute Gasteiger partial charge is 0.491 e. The van der Waals surface area contributed by atoms with Gasteiger partial charge in [0.05, 0.1) is 25.9 Å². The third-order valence-corrected chi connectivity index (χ3v) is 2.38. The molecule has 0 aromatic heterocycles. The highest BCUT2D eigenvalue weighted by Gasteiger charge is 2.04. The number of benzene rings is 1. The second kappa shape index (κ2) is 8.06. The standard InChI is InChI=1S/C13H20O4/c1-2-13(15)11-3-5-12(6-4-11)17-10-9-16-8-7-14/h3-6,13-15H,2,7-10H2,1H3. The SMILES string of the molecule is CCC(O)c1ccc(OCCOCCO)cc1. The zero-order valence-electron chi connectivity index (χ0n) is 10.1. The maximum absolute atomic E-state index is 9.61. The molecular weight excluding hydrogens is 220 g/mol. The fourth-order valence-corrected chi connectivity index (χ4v) is 1.41. The van der Waals surface area contributed by atoms with Gasteiger partial charge in [-0.15, -0.1) is 0 Å². The van der Waals surface area contributed by atoms with Crippen molar-refractivity contribution in [2.75, 3.05) is 26.4 Å². The molecule has 1 aromatic carbocycles. The Morgan fingerprint density at radius 2 is 1.82 bits per heavy atom. The van der Waals surface area contributed by atoms with E-state index in [1.165, 1.54) is 0 Å². The highest BCUT2D eigenvalue weighted by molar-refractivity contribution is 5.28. The van der Waals surface area contributed by atoms with Gasteiger partial charge in [-0.2, -0.15) is 0 Å². The molecule has 1 unspecified atom stereocenters. The van der Waals surface area contributed by atoms with E-state index in [4.69, 9.17) is 14.6 Å². The van der Waals surface area contributed by atoms with E-state index in [2.05, 4.69) is 0 Å². The van der Waals surface area contributed by atoms with E-state index < -0.39 is 6.10 Å². The van der Waals surface area contributed by atoms with Crippen molar-refractivity contribution in [3.8, 4) is 5.75 Å². The number of hydrogen-bond acceptors (Lipinski definition) is 4. The molecule has 0 bridgehead atoms. The molecule has 4 nitrogen and oxygen atoms in total. The van der Waals surface area contributed by atoms with Crippen molar-refractivity contribution in [3.05, 3.63) is 29.8 Å². The van der Waals surface area contributed by atoms with Crippen LogP contribution in [0.25, 0.3) is 0 Å². The van der Waals surface area contributed by atoms with Gasteiger partial charge in [-0.25, -0.2) is 0 Å². The van der Waals surface area contributed by atoms with Crippen LogP contribution in [0.4, 0.5) is 0 Å². The summed E-state index contributed by atoms with van der Waals surface area (Å²) in [4.78, 5) is 0. The Balaban J connectivity index is 2.30. The maximum Gasteiger partial charge on any atom is 0.119 e. The summed E-state index contributed by atoms with van der Waals surface area (Å²) in [6.07, 6.45) is 0.298. The average Bonchev–Trinajstić information content (AvgIpc) is 2.38. The first-order valence-corrected chi connectivity index (χ1v) is 5.87. The van der Waals surface area contributed by atoms with E-state index in [0.717, 1.165) is 11.3 Å². The van der Waals surface area contributed by atoms with Gasteiger partial charge in [0, 0.05) is 0 Å². The summed E-state index contributed by atoms with van der Waals surface area (Å²) in [5.41, 5.74) is 0.899. The Morgan fingerprint density at radius 3 is 2.41 bits per heavy atom. The molecule has 1 rings (SSSR count). The Hall–Kier alpha value is -1.10. The van der Waals surface area contributed by atoms with Crippen molar-refractivity contribution in [1.29, 1.82) is 0 Å². The van der Waals surface area contributed by atoms with Crippen LogP contribution in [0.15, 0.2) is 24.3 Å². The number of hydrogen-bond donors (Lipinski definition) is 2. The van der Waals surface area contributed by atoms with Crippen molar-refractivity contribution in [2.45, 2.75) is 19.4 Å². The smallest absolute Gasteiger partial charge is 0.119 e. The van der Waals surface area contributed by atoms with Crippen LogP contribution in [-0.2, 0) is 4.74 Å². The predicted octanol–water partition coefficient (Wildman–Crippen LogP) is 1.52. The summed E-state index contributed by atoms with van der Waals surface area (Å²) >= 11 is 0. The van der Waals surface area contributed by atoms with Gasteiger partial charge in [0.25, 0.3) is 0 Å². The summed E-state index contributed by atoms with van der Waals surface area (Å²) < 4.78 is 10.5. The molecule has 17 heavy (non-hydrogen) atoms. The van der Waals surface area contributed by atoms with E-state index in [-0.39, 0.29) is 6.61 Å². The maximum atomic E-state index is 9.61. The van der Waals surface area contributed by atoms with Crippen LogP contribution in [0, 0.1) is 0 Å². The molecule has 1 atom stereocenters. The fourth-order valence-electron chi connectivity index (χ4n) is 1.41. The van der Waals surface area contributed by atoms with Crippen molar-refractivity contribution in [2.24, 2.45) is 0 Å². The van der Waals surface area contributed by atoms with E-state index in [0.29, 0.717) is 26.2 Å². The van der Waals surface area contributed by atoms with Gasteiger partial charge in [0.1, 0.15) is 12.4 Å². The quantitative estimate of drug-likeness (QED) is 0.676. The average molecular weight is 240 g/mol. The second-order valence-corrected chi connectivity index (χ2v) is 3.68. The summed E-state index contributed by atoms with van der Waals surface area (Å²) in [5, 5.41) is 18.1. The topological polar surface area (TPSA) is 58.9 Å². The lowest BCUT2D eigenvalue weighted by atomic mass is 10.1. The molecule has 0 amide bonds. The highest BCUT2D eigenvalue weighted by Crippen LogP contribution is 2.19. The van der Waals surface area contributed by atoms with Crippen molar-refractivity contribution >= 4 is 0 Å². The Bertz CT molecular complexity index is 297. The van der Waals surface area contributed by atoms with Crippen LogP contribution in [0.5, 0.6) is 5.75 Å². The van der Waals surface area contributed by atoms with Crippen LogP contribution in [0.3, 0.4) is 0 Å². The van der Waals surface area contributed by atoms with E-state index >= 15 is 0 Å². The number of aliphatic hydroxyl groups excluding tert-OH is 2. The normalized spacial score (nSPS) is 12.4. The fraction of sp³-hybridized carbons (Fsp3) is 0.538. The number of aliphatic hydroxyl groups is 2. The van der Waals surface area contributed by atoms with Gasteiger partial charge < -0.3 is 19.7 Å². The van der Waals surface area contributed by atoms with Crippen LogP contribution in [0.1, 0.15) is 25.0 Å². The van der Waals surface area contributed by atoms with Crippen molar-refractivity contribution in [3.63, 3.8) is 0 Å². The van der Waals surface area contributed by atoms with E-state index in [9.17, 15) is 5.11 Å². The van der Waals surface area contributed by atoms with Gasteiger partial charge in [-0.05, 0) is 24.1 Å². The molecular formula is C13H20O4. The van der Waals surface area contributed by atoms with Gasteiger partial charge in [0.2, 0.25) is 0 Å². The van der Waals surface area contributed by atoms with E-state index in [1.54, 1.807) is 0 Å². The molecule has 0 heterocycles. The minimum absolute atomic E-state index is 0.0314. The first kappa shape index (κ1) is 14.0. The molecule has 0 radical (unpaired) electrons. The number of rotatable bonds is 8. The molecule has 0 aliphatic rings. The van der Waals surface area contributed by atoms with Gasteiger partial charge in [0.15, 0.2) is 0 Å². The zero-order valence-corrected chi connectivity index (χ0v) is 10.1. The summed E-state index contributed by atoms with van der Waals surface area (Å²) in [7, 11) is 0. The lowest BCUT2D eigenvalue weighted by Crippen LogP contribution is -2.09. The van der Waals surface area contributed by atoms with Crippen molar-refractivity contribution < 1.29 is 19.7 Å². The van der Waals surface area contributed by atoms with Crippen LogP contribution in [-0.4, -0.2) is 36.6 Å². The Morgan fingerprint density at radius 1 is 1.12 bits per heavy atom. The Labute approximate surface area is 102 Å². The third kappa shape index (κ3) is 5.17. The molecule has 0 saturated heterocycles. The molecule has 0 aliphatic carbocycles. The molecule has 4 heteroatoms. The van der Waals surface area contributed by atoms with Crippen LogP contribution in [0.2, 0.25) is 0 Å². The minimum Gasteiger partial charge on any atom is -0.491 e. The first-order valence-electron chi connectivity index (χ1n) is 5.87.